The van der Waals surface area contributed by atoms with E-state index >= 15 is 0 Å². The fourth-order valence-corrected chi connectivity index (χ4v) is 3.52. The lowest BCUT2D eigenvalue weighted by Crippen LogP contribution is -2.47. The van der Waals surface area contributed by atoms with Crippen molar-refractivity contribution in [1.82, 2.24) is 19.8 Å². The van der Waals surface area contributed by atoms with E-state index in [4.69, 9.17) is 0 Å². The minimum Gasteiger partial charge on any atom is -0.367 e. The van der Waals surface area contributed by atoms with Crippen LogP contribution in [0.5, 0.6) is 0 Å². The third kappa shape index (κ3) is 5.07. The highest BCUT2D eigenvalue weighted by atomic mass is 19.4. The zero-order valence-corrected chi connectivity index (χ0v) is 17.2. The molecule has 2 aromatic rings. The number of likely N-dealkylation sites (N-methyl/N-ethyl adjacent to an activating group) is 1. The second-order valence-electron chi connectivity index (χ2n) is 8.02. The van der Waals surface area contributed by atoms with E-state index in [2.05, 4.69) is 25.5 Å². The lowest BCUT2D eigenvalue weighted by Gasteiger charge is -2.32. The molecule has 2 fully saturated rings. The molecule has 1 aromatic carbocycles. The Hall–Kier alpha value is -2.88. The summed E-state index contributed by atoms with van der Waals surface area (Å²) >= 11 is 0. The minimum atomic E-state index is -4.53. The van der Waals surface area contributed by atoms with Gasteiger partial charge in [0.25, 0.3) is 5.91 Å². The van der Waals surface area contributed by atoms with Gasteiger partial charge in [-0.3, -0.25) is 4.79 Å². The second kappa shape index (κ2) is 8.70. The van der Waals surface area contributed by atoms with E-state index in [9.17, 15) is 18.0 Å². The number of piperazine rings is 1. The molecule has 166 valence electrons. The number of benzene rings is 1. The van der Waals surface area contributed by atoms with Crippen molar-refractivity contribution in [2.45, 2.75) is 31.5 Å². The minimum absolute atomic E-state index is 0.00345. The van der Waals surface area contributed by atoms with Crippen LogP contribution >= 0.6 is 0 Å². The second-order valence-corrected chi connectivity index (χ2v) is 8.02. The van der Waals surface area contributed by atoms with Gasteiger partial charge in [-0.15, -0.1) is 0 Å². The van der Waals surface area contributed by atoms with Crippen LogP contribution in [0.4, 0.5) is 30.6 Å². The standard InChI is InChI=1S/C21H25F3N6O/c1-29-9-11-30(12-10-29)19(31)14-5-7-16(8-6-14)27-20-25-13-17(21(22,23)24)18(28-20)26-15-3-2-4-15/h5-8,13,15H,2-4,9-12H2,1H3,(H2,25,26,27,28). The van der Waals surface area contributed by atoms with E-state index < -0.39 is 11.7 Å². The summed E-state index contributed by atoms with van der Waals surface area (Å²) in [6, 6.07) is 6.79. The third-order valence-electron chi connectivity index (χ3n) is 5.72. The van der Waals surface area contributed by atoms with Crippen LogP contribution in [0, 0.1) is 0 Å². The Labute approximate surface area is 178 Å². The molecule has 0 unspecified atom stereocenters. The molecule has 2 aliphatic rings. The topological polar surface area (TPSA) is 73.4 Å². The Morgan fingerprint density at radius 1 is 1.10 bits per heavy atom. The average Bonchev–Trinajstić information content (AvgIpc) is 2.71. The van der Waals surface area contributed by atoms with Crippen LogP contribution < -0.4 is 10.6 Å². The SMILES string of the molecule is CN1CCN(C(=O)c2ccc(Nc3ncc(C(F)(F)F)c(NC4CCC4)n3)cc2)CC1. The first-order valence-corrected chi connectivity index (χ1v) is 10.4. The van der Waals surface area contributed by atoms with Crippen LogP contribution in [0.1, 0.15) is 35.2 Å². The predicted molar refractivity (Wildman–Crippen MR) is 111 cm³/mol. The fraction of sp³-hybridized carbons (Fsp3) is 0.476. The van der Waals surface area contributed by atoms with Gasteiger partial charge in [0, 0.05) is 49.7 Å². The van der Waals surface area contributed by atoms with Gasteiger partial charge in [-0.2, -0.15) is 18.2 Å². The number of rotatable bonds is 5. The smallest absolute Gasteiger partial charge is 0.367 e. The Morgan fingerprint density at radius 3 is 2.35 bits per heavy atom. The van der Waals surface area contributed by atoms with Crippen LogP contribution in [0.3, 0.4) is 0 Å². The van der Waals surface area contributed by atoms with Gasteiger partial charge >= 0.3 is 6.18 Å². The highest BCUT2D eigenvalue weighted by Crippen LogP contribution is 2.35. The molecule has 31 heavy (non-hydrogen) atoms. The number of hydrogen-bond acceptors (Lipinski definition) is 6. The van der Waals surface area contributed by atoms with Crippen molar-refractivity contribution < 1.29 is 18.0 Å². The molecule has 0 radical (unpaired) electrons. The fourth-order valence-electron chi connectivity index (χ4n) is 3.52. The lowest BCUT2D eigenvalue weighted by molar-refractivity contribution is -0.137. The third-order valence-corrected chi connectivity index (χ3v) is 5.72. The molecule has 2 heterocycles. The van der Waals surface area contributed by atoms with Gasteiger partial charge in [-0.05, 0) is 50.6 Å². The van der Waals surface area contributed by atoms with Gasteiger partial charge < -0.3 is 20.4 Å². The summed E-state index contributed by atoms with van der Waals surface area (Å²) in [4.78, 5) is 24.5. The van der Waals surface area contributed by atoms with Crippen LogP contribution in [-0.4, -0.2) is 64.9 Å². The molecule has 1 amide bonds. The van der Waals surface area contributed by atoms with Gasteiger partial charge in [0.05, 0.1) is 0 Å². The quantitative estimate of drug-likeness (QED) is 0.749. The van der Waals surface area contributed by atoms with Crippen LogP contribution in [0.2, 0.25) is 0 Å². The summed E-state index contributed by atoms with van der Waals surface area (Å²) < 4.78 is 39.9. The number of anilines is 3. The van der Waals surface area contributed by atoms with Crippen molar-refractivity contribution in [3.63, 3.8) is 0 Å². The van der Waals surface area contributed by atoms with E-state index in [0.717, 1.165) is 38.5 Å². The Kier molecular flexibility index (Phi) is 5.99. The van der Waals surface area contributed by atoms with E-state index in [1.165, 1.54) is 0 Å². The number of alkyl halides is 3. The first-order chi connectivity index (χ1) is 14.8. The molecule has 0 bridgehead atoms. The first-order valence-electron chi connectivity index (χ1n) is 10.4. The Bertz CT molecular complexity index is 922. The molecule has 7 nitrogen and oxygen atoms in total. The normalized spacial score (nSPS) is 17.9. The average molecular weight is 434 g/mol. The van der Waals surface area contributed by atoms with Crippen molar-refractivity contribution in [2.75, 3.05) is 43.9 Å². The number of carbonyl (C=O) groups excluding carboxylic acids is 1. The number of halogens is 3. The summed E-state index contributed by atoms with van der Waals surface area (Å²) in [5, 5.41) is 5.80. The van der Waals surface area contributed by atoms with E-state index in [1.54, 1.807) is 24.3 Å². The largest absolute Gasteiger partial charge is 0.421 e. The maximum absolute atomic E-state index is 13.3. The van der Waals surface area contributed by atoms with Crippen LogP contribution in [-0.2, 0) is 6.18 Å². The monoisotopic (exact) mass is 434 g/mol. The molecule has 0 spiro atoms. The van der Waals surface area contributed by atoms with Crippen molar-refractivity contribution in [3.05, 3.63) is 41.6 Å². The molecule has 1 aromatic heterocycles. The molecular weight excluding hydrogens is 409 g/mol. The Morgan fingerprint density at radius 2 is 1.77 bits per heavy atom. The van der Waals surface area contributed by atoms with Gasteiger partial charge in [-0.1, -0.05) is 0 Å². The van der Waals surface area contributed by atoms with E-state index in [1.807, 2.05) is 11.9 Å². The molecule has 1 saturated heterocycles. The number of carbonyl (C=O) groups is 1. The molecule has 1 aliphatic heterocycles. The van der Waals surface area contributed by atoms with Gasteiger partial charge in [0.2, 0.25) is 5.95 Å². The van der Waals surface area contributed by atoms with Crippen LogP contribution in [0.25, 0.3) is 0 Å². The highest BCUT2D eigenvalue weighted by Gasteiger charge is 2.36. The van der Waals surface area contributed by atoms with Crippen molar-refractivity contribution in [3.8, 4) is 0 Å². The van der Waals surface area contributed by atoms with Crippen LogP contribution in [0.15, 0.2) is 30.5 Å². The van der Waals surface area contributed by atoms with Crippen molar-refractivity contribution >= 4 is 23.4 Å². The van der Waals surface area contributed by atoms with Crippen molar-refractivity contribution in [2.24, 2.45) is 0 Å². The summed E-state index contributed by atoms with van der Waals surface area (Å²) in [5.74, 6) is -0.179. The zero-order valence-electron chi connectivity index (χ0n) is 17.2. The maximum atomic E-state index is 13.3. The number of aromatic nitrogens is 2. The summed E-state index contributed by atoms with van der Waals surface area (Å²) in [6.07, 6.45) is -1.09. The summed E-state index contributed by atoms with van der Waals surface area (Å²) in [5.41, 5.74) is 0.276. The summed E-state index contributed by atoms with van der Waals surface area (Å²) in [7, 11) is 2.03. The van der Waals surface area contributed by atoms with Gasteiger partial charge in [0.15, 0.2) is 0 Å². The summed E-state index contributed by atoms with van der Waals surface area (Å²) in [6.45, 7) is 3.05. The number of nitrogens with zero attached hydrogens (tertiary/aromatic N) is 4. The van der Waals surface area contributed by atoms with Gasteiger partial charge in [-0.25, -0.2) is 4.98 Å². The number of nitrogens with one attached hydrogen (secondary N) is 2. The molecular formula is C21H25F3N6O. The lowest BCUT2D eigenvalue weighted by atomic mass is 9.93. The molecule has 1 saturated carbocycles. The maximum Gasteiger partial charge on any atom is 0.421 e. The molecule has 10 heteroatoms. The van der Waals surface area contributed by atoms with Gasteiger partial charge in [0.1, 0.15) is 11.4 Å². The molecule has 0 atom stereocenters. The Balaban J connectivity index is 1.46. The molecule has 2 N–H and O–H groups in total. The highest BCUT2D eigenvalue weighted by molar-refractivity contribution is 5.94. The van der Waals surface area contributed by atoms with E-state index in [-0.39, 0.29) is 23.7 Å². The first kappa shape index (κ1) is 21.4. The van der Waals surface area contributed by atoms with E-state index in [0.29, 0.717) is 24.3 Å². The number of amides is 1. The zero-order chi connectivity index (χ0) is 22.0. The number of hydrogen-bond donors (Lipinski definition) is 2. The predicted octanol–water partition coefficient (Wildman–Crippen LogP) is 3.59. The molecule has 4 rings (SSSR count). The molecule has 1 aliphatic carbocycles. The van der Waals surface area contributed by atoms with Crippen molar-refractivity contribution in [1.29, 1.82) is 0 Å².